The van der Waals surface area contributed by atoms with E-state index in [1.54, 1.807) is 23.1 Å². The van der Waals surface area contributed by atoms with E-state index in [4.69, 9.17) is 12.2 Å². The Morgan fingerprint density at radius 1 is 1.38 bits per heavy atom. The van der Waals surface area contributed by atoms with Gasteiger partial charge in [0.05, 0.1) is 9.83 Å². The Balaban J connectivity index is 2.16. The SMILES string of the molecule is CCCCN1C(=O)/C(=C\c2ccc([N+](=O)[O-])cc2)SC1=S. The average Bonchev–Trinajstić information content (AvgIpc) is 2.72. The molecule has 1 amide bonds. The van der Waals surface area contributed by atoms with Crippen molar-refractivity contribution >= 4 is 46.0 Å². The second kappa shape index (κ2) is 6.82. The van der Waals surface area contributed by atoms with Crippen molar-refractivity contribution in [3.05, 3.63) is 44.8 Å². The van der Waals surface area contributed by atoms with E-state index < -0.39 is 4.92 Å². The summed E-state index contributed by atoms with van der Waals surface area (Å²) >= 11 is 6.49. The van der Waals surface area contributed by atoms with Crippen LogP contribution in [0, 0.1) is 10.1 Å². The van der Waals surface area contributed by atoms with Crippen LogP contribution in [-0.4, -0.2) is 26.6 Å². The molecular formula is C14H14N2O3S2. The van der Waals surface area contributed by atoms with Gasteiger partial charge in [0, 0.05) is 18.7 Å². The molecular weight excluding hydrogens is 308 g/mol. The lowest BCUT2D eigenvalue weighted by Gasteiger charge is -2.12. The summed E-state index contributed by atoms with van der Waals surface area (Å²) in [5.41, 5.74) is 0.777. The Morgan fingerprint density at radius 3 is 2.62 bits per heavy atom. The second-order valence-electron chi connectivity index (χ2n) is 4.54. The maximum absolute atomic E-state index is 12.2. The largest absolute Gasteiger partial charge is 0.293 e. The van der Waals surface area contributed by atoms with Gasteiger partial charge in [-0.2, -0.15) is 0 Å². The number of carbonyl (C=O) groups excluding carboxylic acids is 1. The van der Waals surface area contributed by atoms with E-state index in [2.05, 4.69) is 6.92 Å². The lowest BCUT2D eigenvalue weighted by molar-refractivity contribution is -0.384. The third-order valence-electron chi connectivity index (χ3n) is 3.01. The highest BCUT2D eigenvalue weighted by Gasteiger charge is 2.31. The molecule has 1 aromatic rings. The van der Waals surface area contributed by atoms with Crippen LogP contribution in [0.5, 0.6) is 0 Å². The predicted octanol–water partition coefficient (Wildman–Crippen LogP) is 3.60. The molecule has 110 valence electrons. The second-order valence-corrected chi connectivity index (χ2v) is 6.21. The number of hydrogen-bond donors (Lipinski definition) is 0. The molecule has 1 aliphatic heterocycles. The number of nitro groups is 1. The fraction of sp³-hybridized carbons (Fsp3) is 0.286. The Labute approximate surface area is 132 Å². The highest BCUT2D eigenvalue weighted by molar-refractivity contribution is 8.26. The van der Waals surface area contributed by atoms with E-state index in [0.717, 1.165) is 18.4 Å². The van der Waals surface area contributed by atoms with Gasteiger partial charge in [-0.1, -0.05) is 37.3 Å². The lowest BCUT2D eigenvalue weighted by Crippen LogP contribution is -2.28. The van der Waals surface area contributed by atoms with Crippen LogP contribution in [0.2, 0.25) is 0 Å². The summed E-state index contributed by atoms with van der Waals surface area (Å²) in [6, 6.07) is 6.08. The molecule has 0 aliphatic carbocycles. The predicted molar refractivity (Wildman–Crippen MR) is 87.9 cm³/mol. The zero-order valence-electron chi connectivity index (χ0n) is 11.4. The van der Waals surface area contributed by atoms with Crippen molar-refractivity contribution in [3.8, 4) is 0 Å². The molecule has 2 rings (SSSR count). The van der Waals surface area contributed by atoms with Gasteiger partial charge in [-0.05, 0) is 30.2 Å². The van der Waals surface area contributed by atoms with E-state index in [-0.39, 0.29) is 11.6 Å². The van der Waals surface area contributed by atoms with Gasteiger partial charge in [-0.3, -0.25) is 19.8 Å². The number of thiocarbonyl (C=S) groups is 1. The minimum Gasteiger partial charge on any atom is -0.293 e. The Morgan fingerprint density at radius 2 is 2.05 bits per heavy atom. The molecule has 1 aromatic carbocycles. The van der Waals surface area contributed by atoms with Gasteiger partial charge in [0.2, 0.25) is 0 Å². The molecule has 21 heavy (non-hydrogen) atoms. The average molecular weight is 322 g/mol. The molecule has 0 saturated carbocycles. The summed E-state index contributed by atoms with van der Waals surface area (Å²) in [7, 11) is 0. The van der Waals surface area contributed by atoms with Crippen molar-refractivity contribution in [2.75, 3.05) is 6.54 Å². The first-order valence-electron chi connectivity index (χ1n) is 6.52. The van der Waals surface area contributed by atoms with Crippen LogP contribution in [0.25, 0.3) is 6.08 Å². The smallest absolute Gasteiger partial charge is 0.269 e. The Bertz CT molecular complexity index is 611. The van der Waals surface area contributed by atoms with Gasteiger partial charge in [0.1, 0.15) is 4.32 Å². The number of hydrogen-bond acceptors (Lipinski definition) is 5. The maximum atomic E-state index is 12.2. The van der Waals surface area contributed by atoms with E-state index in [1.165, 1.54) is 23.9 Å². The summed E-state index contributed by atoms with van der Waals surface area (Å²) in [6.45, 7) is 2.70. The van der Waals surface area contributed by atoms with Crippen LogP contribution in [0.3, 0.4) is 0 Å². The fourth-order valence-electron chi connectivity index (χ4n) is 1.85. The van der Waals surface area contributed by atoms with Crippen molar-refractivity contribution in [1.82, 2.24) is 4.90 Å². The van der Waals surface area contributed by atoms with Crippen molar-refractivity contribution in [2.24, 2.45) is 0 Å². The van der Waals surface area contributed by atoms with Crippen LogP contribution in [0.1, 0.15) is 25.3 Å². The first kappa shape index (κ1) is 15.7. The van der Waals surface area contributed by atoms with Crippen LogP contribution >= 0.6 is 24.0 Å². The molecule has 0 spiro atoms. The first-order valence-corrected chi connectivity index (χ1v) is 7.75. The Kier molecular flexibility index (Phi) is 5.08. The number of carbonyl (C=O) groups is 1. The third-order valence-corrected chi connectivity index (χ3v) is 4.39. The quantitative estimate of drug-likeness (QED) is 0.359. The van der Waals surface area contributed by atoms with E-state index in [0.29, 0.717) is 15.8 Å². The zero-order valence-corrected chi connectivity index (χ0v) is 13.1. The molecule has 0 unspecified atom stereocenters. The van der Waals surface area contributed by atoms with Crippen molar-refractivity contribution in [1.29, 1.82) is 0 Å². The van der Waals surface area contributed by atoms with Crippen LogP contribution in [0.15, 0.2) is 29.2 Å². The summed E-state index contributed by atoms with van der Waals surface area (Å²) in [4.78, 5) is 24.6. The van der Waals surface area contributed by atoms with Crippen LogP contribution in [0.4, 0.5) is 5.69 Å². The molecule has 0 radical (unpaired) electrons. The molecule has 1 aliphatic rings. The summed E-state index contributed by atoms with van der Waals surface area (Å²) < 4.78 is 0.571. The molecule has 1 saturated heterocycles. The fourth-order valence-corrected chi connectivity index (χ4v) is 3.16. The number of non-ortho nitro benzene ring substituents is 1. The topological polar surface area (TPSA) is 63.5 Å². The van der Waals surface area contributed by atoms with Crippen LogP contribution in [-0.2, 0) is 4.79 Å². The number of rotatable bonds is 5. The van der Waals surface area contributed by atoms with E-state index in [1.807, 2.05) is 0 Å². The van der Waals surface area contributed by atoms with Gasteiger partial charge < -0.3 is 0 Å². The molecule has 0 bridgehead atoms. The monoisotopic (exact) mass is 322 g/mol. The third kappa shape index (κ3) is 3.68. The van der Waals surface area contributed by atoms with Gasteiger partial charge in [0.15, 0.2) is 0 Å². The normalized spacial score (nSPS) is 16.8. The number of nitro benzene ring substituents is 1. The first-order chi connectivity index (χ1) is 10.0. The summed E-state index contributed by atoms with van der Waals surface area (Å²) in [5.74, 6) is -0.0863. The minimum atomic E-state index is -0.450. The highest BCUT2D eigenvalue weighted by Crippen LogP contribution is 2.32. The lowest BCUT2D eigenvalue weighted by atomic mass is 10.2. The minimum absolute atomic E-state index is 0.0302. The van der Waals surface area contributed by atoms with Crippen molar-refractivity contribution < 1.29 is 9.72 Å². The maximum Gasteiger partial charge on any atom is 0.269 e. The molecule has 1 heterocycles. The standard InChI is InChI=1S/C14H14N2O3S2/c1-2-3-8-15-13(17)12(21-14(15)20)9-10-4-6-11(7-5-10)16(18)19/h4-7,9H,2-3,8H2,1H3/b12-9+. The van der Waals surface area contributed by atoms with Crippen molar-refractivity contribution in [2.45, 2.75) is 19.8 Å². The number of unbranched alkanes of at least 4 members (excludes halogenated alkanes) is 1. The molecule has 7 heteroatoms. The van der Waals surface area contributed by atoms with Crippen LogP contribution < -0.4 is 0 Å². The highest BCUT2D eigenvalue weighted by atomic mass is 32.2. The number of thioether (sulfide) groups is 1. The molecule has 5 nitrogen and oxygen atoms in total. The Hall–Kier alpha value is -1.73. The van der Waals surface area contributed by atoms with Crippen molar-refractivity contribution in [3.63, 3.8) is 0 Å². The van der Waals surface area contributed by atoms with E-state index in [9.17, 15) is 14.9 Å². The zero-order chi connectivity index (χ0) is 15.4. The van der Waals surface area contributed by atoms with Gasteiger partial charge in [-0.25, -0.2) is 0 Å². The molecule has 0 atom stereocenters. The van der Waals surface area contributed by atoms with E-state index >= 15 is 0 Å². The number of amides is 1. The summed E-state index contributed by atoms with van der Waals surface area (Å²) in [5, 5.41) is 10.6. The van der Waals surface area contributed by atoms with Gasteiger partial charge >= 0.3 is 0 Å². The van der Waals surface area contributed by atoms with Gasteiger partial charge in [0.25, 0.3) is 11.6 Å². The molecule has 1 fully saturated rings. The molecule has 0 N–H and O–H groups in total. The van der Waals surface area contributed by atoms with Gasteiger partial charge in [-0.15, -0.1) is 0 Å². The summed E-state index contributed by atoms with van der Waals surface area (Å²) in [6.07, 6.45) is 3.63. The number of benzene rings is 1. The molecule has 0 aromatic heterocycles. The number of nitrogens with zero attached hydrogens (tertiary/aromatic N) is 2.